The Morgan fingerprint density at radius 2 is 1.92 bits per heavy atom. The van der Waals surface area contributed by atoms with E-state index in [1.807, 2.05) is 0 Å². The number of nitrogens with two attached hydrogens (primary N) is 1. The SMILES string of the molecule is CN=NC(=NN)c1ccc(F)cc1. The standard InChI is InChI=1S/C8H9FN4/c1-11-13-8(12-10)6-2-4-7(9)5-3-6/h2-5H,10H2,1H3. The summed E-state index contributed by atoms with van der Waals surface area (Å²) in [5.74, 6) is 5.04. The summed E-state index contributed by atoms with van der Waals surface area (Å²) < 4.78 is 12.5. The van der Waals surface area contributed by atoms with Crippen molar-refractivity contribution in [1.29, 1.82) is 0 Å². The first-order valence-electron chi connectivity index (χ1n) is 3.61. The molecule has 0 aliphatic rings. The molecule has 13 heavy (non-hydrogen) atoms. The van der Waals surface area contributed by atoms with Crippen LogP contribution in [-0.2, 0) is 0 Å². The lowest BCUT2D eigenvalue weighted by Crippen LogP contribution is -2.00. The van der Waals surface area contributed by atoms with Crippen LogP contribution in [-0.4, -0.2) is 12.9 Å². The van der Waals surface area contributed by atoms with Crippen molar-refractivity contribution in [1.82, 2.24) is 0 Å². The maximum atomic E-state index is 12.5. The van der Waals surface area contributed by atoms with Gasteiger partial charge in [0.25, 0.3) is 0 Å². The first-order chi connectivity index (χ1) is 6.27. The van der Waals surface area contributed by atoms with Gasteiger partial charge in [0, 0.05) is 12.6 Å². The van der Waals surface area contributed by atoms with Crippen molar-refractivity contribution in [3.8, 4) is 0 Å². The number of hydrogen-bond acceptors (Lipinski definition) is 3. The van der Waals surface area contributed by atoms with E-state index in [9.17, 15) is 4.39 Å². The van der Waals surface area contributed by atoms with Gasteiger partial charge in [0.2, 0.25) is 0 Å². The molecule has 0 aliphatic carbocycles. The zero-order valence-electron chi connectivity index (χ0n) is 7.11. The van der Waals surface area contributed by atoms with Gasteiger partial charge in [-0.25, -0.2) is 4.39 Å². The Kier molecular flexibility index (Phi) is 3.08. The molecule has 4 nitrogen and oxygen atoms in total. The van der Waals surface area contributed by atoms with Crippen molar-refractivity contribution in [2.45, 2.75) is 0 Å². The van der Waals surface area contributed by atoms with Gasteiger partial charge in [-0.05, 0) is 24.3 Å². The van der Waals surface area contributed by atoms with Crippen molar-refractivity contribution in [3.05, 3.63) is 35.6 Å². The van der Waals surface area contributed by atoms with E-state index in [4.69, 9.17) is 5.84 Å². The Hall–Kier alpha value is -1.78. The van der Waals surface area contributed by atoms with E-state index in [0.717, 1.165) is 0 Å². The van der Waals surface area contributed by atoms with Crippen molar-refractivity contribution in [3.63, 3.8) is 0 Å². The topological polar surface area (TPSA) is 63.1 Å². The third kappa shape index (κ3) is 2.33. The fourth-order valence-electron chi connectivity index (χ4n) is 0.852. The summed E-state index contributed by atoms with van der Waals surface area (Å²) in [6, 6.07) is 5.70. The van der Waals surface area contributed by atoms with Gasteiger partial charge in [0.1, 0.15) is 5.82 Å². The Labute approximate surface area is 75.0 Å². The molecule has 0 unspecified atom stereocenters. The monoisotopic (exact) mass is 180 g/mol. The van der Waals surface area contributed by atoms with E-state index < -0.39 is 0 Å². The highest BCUT2D eigenvalue weighted by atomic mass is 19.1. The number of amidine groups is 1. The van der Waals surface area contributed by atoms with Gasteiger partial charge in [-0.2, -0.15) is 10.2 Å². The second-order valence-electron chi connectivity index (χ2n) is 2.26. The quantitative estimate of drug-likeness (QED) is 0.230. The van der Waals surface area contributed by atoms with E-state index in [-0.39, 0.29) is 11.7 Å². The van der Waals surface area contributed by atoms with Gasteiger partial charge < -0.3 is 5.84 Å². The average molecular weight is 180 g/mol. The molecular formula is C8H9FN4. The molecule has 1 aromatic rings. The normalized spacial score (nSPS) is 12.3. The molecule has 1 aromatic carbocycles. The summed E-state index contributed by atoms with van der Waals surface area (Å²) in [7, 11) is 1.51. The van der Waals surface area contributed by atoms with Gasteiger partial charge in [0.15, 0.2) is 5.84 Å². The molecule has 5 heteroatoms. The summed E-state index contributed by atoms with van der Waals surface area (Å²) in [6.45, 7) is 0. The minimum atomic E-state index is -0.312. The molecule has 0 radical (unpaired) electrons. The molecular weight excluding hydrogens is 171 g/mol. The lowest BCUT2D eigenvalue weighted by atomic mass is 10.2. The van der Waals surface area contributed by atoms with E-state index in [0.29, 0.717) is 5.56 Å². The second-order valence-corrected chi connectivity index (χ2v) is 2.26. The minimum absolute atomic E-state index is 0.280. The lowest BCUT2D eigenvalue weighted by molar-refractivity contribution is 0.628. The van der Waals surface area contributed by atoms with Crippen molar-refractivity contribution in [2.24, 2.45) is 21.2 Å². The second kappa shape index (κ2) is 4.30. The maximum absolute atomic E-state index is 12.5. The summed E-state index contributed by atoms with van der Waals surface area (Å²) >= 11 is 0. The molecule has 2 N–H and O–H groups in total. The van der Waals surface area contributed by atoms with E-state index in [1.165, 1.54) is 31.3 Å². The van der Waals surface area contributed by atoms with E-state index in [2.05, 4.69) is 15.3 Å². The van der Waals surface area contributed by atoms with Crippen LogP contribution >= 0.6 is 0 Å². The van der Waals surface area contributed by atoms with Gasteiger partial charge in [-0.3, -0.25) is 0 Å². The van der Waals surface area contributed by atoms with Crippen molar-refractivity contribution >= 4 is 5.84 Å². The molecule has 0 aromatic heterocycles. The van der Waals surface area contributed by atoms with Gasteiger partial charge in [0.05, 0.1) is 0 Å². The Morgan fingerprint density at radius 3 is 2.38 bits per heavy atom. The number of hydrogen-bond donors (Lipinski definition) is 1. The summed E-state index contributed by atoms with van der Waals surface area (Å²) in [6.07, 6.45) is 0. The molecule has 0 atom stereocenters. The third-order valence-corrected chi connectivity index (χ3v) is 1.42. The van der Waals surface area contributed by atoms with E-state index in [1.54, 1.807) is 0 Å². The minimum Gasteiger partial charge on any atom is -0.321 e. The number of hydrazone groups is 1. The van der Waals surface area contributed by atoms with Gasteiger partial charge in [-0.15, -0.1) is 5.11 Å². The molecule has 0 amide bonds. The summed E-state index contributed by atoms with van der Waals surface area (Å²) in [4.78, 5) is 0. The number of halogens is 1. The predicted molar refractivity (Wildman–Crippen MR) is 47.9 cm³/mol. The smallest absolute Gasteiger partial charge is 0.200 e. The van der Waals surface area contributed by atoms with Crippen LogP contribution in [0, 0.1) is 5.82 Å². The Morgan fingerprint density at radius 1 is 1.31 bits per heavy atom. The van der Waals surface area contributed by atoms with Crippen LogP contribution in [0.25, 0.3) is 0 Å². The number of nitrogens with zero attached hydrogens (tertiary/aromatic N) is 3. The molecule has 0 spiro atoms. The highest BCUT2D eigenvalue weighted by molar-refractivity contribution is 5.98. The Balaban J connectivity index is 3.00. The molecule has 0 heterocycles. The lowest BCUT2D eigenvalue weighted by Gasteiger charge is -1.96. The van der Waals surface area contributed by atoms with Crippen LogP contribution in [0.1, 0.15) is 5.56 Å². The highest BCUT2D eigenvalue weighted by Gasteiger charge is 2.00. The fraction of sp³-hybridized carbons (Fsp3) is 0.125. The third-order valence-electron chi connectivity index (χ3n) is 1.42. The first-order valence-corrected chi connectivity index (χ1v) is 3.61. The zero-order chi connectivity index (χ0) is 9.68. The summed E-state index contributed by atoms with van der Waals surface area (Å²) in [5, 5.41) is 10.6. The van der Waals surface area contributed by atoms with Crippen LogP contribution in [0.2, 0.25) is 0 Å². The van der Waals surface area contributed by atoms with Crippen LogP contribution in [0.4, 0.5) is 4.39 Å². The number of benzene rings is 1. The average Bonchev–Trinajstić information content (AvgIpc) is 2.16. The molecule has 0 fully saturated rings. The molecule has 0 bridgehead atoms. The molecule has 0 aliphatic heterocycles. The van der Waals surface area contributed by atoms with Crippen LogP contribution in [0.15, 0.2) is 39.6 Å². The van der Waals surface area contributed by atoms with Crippen molar-refractivity contribution in [2.75, 3.05) is 7.05 Å². The van der Waals surface area contributed by atoms with Gasteiger partial charge >= 0.3 is 0 Å². The predicted octanol–water partition coefficient (Wildman–Crippen LogP) is 1.53. The Bertz CT molecular complexity index is 329. The van der Waals surface area contributed by atoms with Crippen LogP contribution < -0.4 is 5.84 Å². The zero-order valence-corrected chi connectivity index (χ0v) is 7.11. The van der Waals surface area contributed by atoms with Crippen LogP contribution in [0.3, 0.4) is 0 Å². The molecule has 0 saturated heterocycles. The molecule has 68 valence electrons. The van der Waals surface area contributed by atoms with E-state index >= 15 is 0 Å². The maximum Gasteiger partial charge on any atom is 0.200 e. The highest BCUT2D eigenvalue weighted by Crippen LogP contribution is 2.04. The van der Waals surface area contributed by atoms with Gasteiger partial charge in [-0.1, -0.05) is 0 Å². The first kappa shape index (κ1) is 9.31. The van der Waals surface area contributed by atoms with Crippen LogP contribution in [0.5, 0.6) is 0 Å². The number of azo groups is 1. The largest absolute Gasteiger partial charge is 0.321 e. The summed E-state index contributed by atoms with van der Waals surface area (Å²) in [5.41, 5.74) is 0.634. The molecule has 0 saturated carbocycles. The molecule has 1 rings (SSSR count). The number of rotatable bonds is 1. The van der Waals surface area contributed by atoms with Crippen molar-refractivity contribution < 1.29 is 4.39 Å². The fourth-order valence-corrected chi connectivity index (χ4v) is 0.852.